The first-order valence-electron chi connectivity index (χ1n) is 6.27. The van der Waals surface area contributed by atoms with Crippen LogP contribution in [0.5, 0.6) is 5.75 Å². The van der Waals surface area contributed by atoms with Crippen LogP contribution in [0.2, 0.25) is 0 Å². The molecule has 2 aromatic rings. The van der Waals surface area contributed by atoms with E-state index < -0.39 is 16.6 Å². The van der Waals surface area contributed by atoms with Gasteiger partial charge in [-0.3, -0.25) is 9.40 Å². The van der Waals surface area contributed by atoms with E-state index in [0.717, 1.165) is 0 Å². The fourth-order valence-electron chi connectivity index (χ4n) is 1.96. The van der Waals surface area contributed by atoms with Crippen LogP contribution in [0.4, 0.5) is 14.5 Å². The number of hydrogen-bond acceptors (Lipinski definition) is 4. The van der Waals surface area contributed by atoms with Crippen molar-refractivity contribution < 1.29 is 21.9 Å². The number of benzene rings is 1. The second kappa shape index (κ2) is 5.91. The lowest BCUT2D eigenvalue weighted by atomic mass is 10.2. The highest BCUT2D eigenvalue weighted by atomic mass is 32.2. The van der Waals surface area contributed by atoms with Gasteiger partial charge in [0.25, 0.3) is 10.0 Å². The van der Waals surface area contributed by atoms with Crippen LogP contribution >= 0.6 is 0 Å². The Hall–Kier alpha value is -2.16. The smallest absolute Gasteiger partial charge is 0.387 e. The summed E-state index contributed by atoms with van der Waals surface area (Å²) in [6, 6.07) is 4.25. The zero-order valence-corrected chi connectivity index (χ0v) is 13.0. The molecule has 0 aliphatic heterocycles. The fourth-order valence-corrected chi connectivity index (χ4v) is 3.24. The molecule has 0 atom stereocenters. The largest absolute Gasteiger partial charge is 0.433 e. The van der Waals surface area contributed by atoms with Gasteiger partial charge in [-0.2, -0.15) is 13.9 Å². The van der Waals surface area contributed by atoms with E-state index in [-0.39, 0.29) is 16.3 Å². The Balaban J connectivity index is 2.41. The van der Waals surface area contributed by atoms with Crippen molar-refractivity contribution in [2.45, 2.75) is 25.4 Å². The fraction of sp³-hybridized carbons (Fsp3) is 0.308. The van der Waals surface area contributed by atoms with Crippen molar-refractivity contribution in [3.05, 3.63) is 35.7 Å². The molecule has 0 amide bonds. The van der Waals surface area contributed by atoms with E-state index >= 15 is 0 Å². The summed E-state index contributed by atoms with van der Waals surface area (Å²) in [6.45, 7) is 0.201. The van der Waals surface area contributed by atoms with Crippen LogP contribution < -0.4 is 9.46 Å². The third-order valence-corrected chi connectivity index (χ3v) is 4.32. The molecular weight excluding hydrogens is 316 g/mol. The second-order valence-corrected chi connectivity index (χ2v) is 6.39. The van der Waals surface area contributed by atoms with E-state index in [9.17, 15) is 17.2 Å². The van der Waals surface area contributed by atoms with Crippen LogP contribution in [-0.4, -0.2) is 24.8 Å². The maximum Gasteiger partial charge on any atom is 0.387 e. The summed E-state index contributed by atoms with van der Waals surface area (Å²) in [4.78, 5) is -0.0282. The molecule has 0 aliphatic carbocycles. The standard InChI is InChI=1S/C13H15F2N3O3S/c1-8-4-5-11(21-13(14)15)10(6-8)17-22(19,20)12-7-18(3)16-9(12)2/h4-7,13,17H,1-3H3. The molecule has 2 rings (SSSR count). The predicted octanol–water partition coefficient (Wildman–Crippen LogP) is 2.44. The molecule has 0 aliphatic rings. The molecule has 1 heterocycles. The topological polar surface area (TPSA) is 73.2 Å². The van der Waals surface area contributed by atoms with Crippen molar-refractivity contribution in [3.63, 3.8) is 0 Å². The van der Waals surface area contributed by atoms with Crippen molar-refractivity contribution in [2.24, 2.45) is 7.05 Å². The molecule has 1 N–H and O–H groups in total. The Bertz CT molecular complexity index is 788. The maximum absolute atomic E-state index is 12.4. The van der Waals surface area contributed by atoms with E-state index in [1.165, 1.54) is 23.0 Å². The molecular formula is C13H15F2N3O3S. The van der Waals surface area contributed by atoms with Gasteiger partial charge in [-0.15, -0.1) is 0 Å². The number of ether oxygens (including phenoxy) is 1. The lowest BCUT2D eigenvalue weighted by Crippen LogP contribution is -2.15. The summed E-state index contributed by atoms with van der Waals surface area (Å²) in [7, 11) is -2.37. The molecule has 1 aromatic heterocycles. The van der Waals surface area contributed by atoms with E-state index in [1.54, 1.807) is 27.0 Å². The average molecular weight is 331 g/mol. The van der Waals surface area contributed by atoms with E-state index in [0.29, 0.717) is 11.3 Å². The van der Waals surface area contributed by atoms with Crippen LogP contribution in [0.1, 0.15) is 11.3 Å². The zero-order valence-electron chi connectivity index (χ0n) is 12.2. The molecule has 1 aromatic carbocycles. The highest BCUT2D eigenvalue weighted by Crippen LogP contribution is 2.29. The van der Waals surface area contributed by atoms with Gasteiger partial charge < -0.3 is 4.74 Å². The van der Waals surface area contributed by atoms with Crippen LogP contribution in [-0.2, 0) is 17.1 Å². The molecule has 0 saturated heterocycles. The normalized spacial score (nSPS) is 11.7. The third-order valence-electron chi connectivity index (χ3n) is 2.85. The number of nitrogens with zero attached hydrogens (tertiary/aromatic N) is 2. The number of aryl methyl sites for hydroxylation is 3. The highest BCUT2D eigenvalue weighted by molar-refractivity contribution is 7.92. The predicted molar refractivity (Wildman–Crippen MR) is 76.6 cm³/mol. The van der Waals surface area contributed by atoms with Gasteiger partial charge in [0, 0.05) is 13.2 Å². The Morgan fingerprint density at radius 3 is 2.55 bits per heavy atom. The molecule has 0 unspecified atom stereocenters. The molecule has 9 heteroatoms. The van der Waals surface area contributed by atoms with Gasteiger partial charge in [-0.05, 0) is 31.5 Å². The van der Waals surface area contributed by atoms with Gasteiger partial charge in [0.1, 0.15) is 10.6 Å². The Kier molecular flexibility index (Phi) is 4.36. The molecule has 6 nitrogen and oxygen atoms in total. The summed E-state index contributed by atoms with van der Waals surface area (Å²) in [6.07, 6.45) is 1.33. The number of rotatable bonds is 5. The minimum atomic E-state index is -3.96. The van der Waals surface area contributed by atoms with Gasteiger partial charge in [0.2, 0.25) is 0 Å². The lowest BCUT2D eigenvalue weighted by Gasteiger charge is -2.13. The first kappa shape index (κ1) is 16.2. The SMILES string of the molecule is Cc1ccc(OC(F)F)c(NS(=O)(=O)c2cn(C)nc2C)c1. The maximum atomic E-state index is 12.4. The van der Waals surface area contributed by atoms with Gasteiger partial charge >= 0.3 is 6.61 Å². The first-order chi connectivity index (χ1) is 10.2. The van der Waals surface area contributed by atoms with E-state index in [1.807, 2.05) is 0 Å². The summed E-state index contributed by atoms with van der Waals surface area (Å²) in [5.74, 6) is -0.245. The summed E-state index contributed by atoms with van der Waals surface area (Å²) in [5, 5.41) is 3.95. The van der Waals surface area contributed by atoms with Crippen LogP contribution in [0.15, 0.2) is 29.3 Å². The molecule has 0 saturated carbocycles. The quantitative estimate of drug-likeness (QED) is 0.913. The summed E-state index contributed by atoms with van der Waals surface area (Å²) >= 11 is 0. The van der Waals surface area contributed by atoms with Crippen molar-refractivity contribution in [1.29, 1.82) is 0 Å². The van der Waals surface area contributed by atoms with Gasteiger partial charge in [-0.1, -0.05) is 6.07 Å². The van der Waals surface area contributed by atoms with Crippen LogP contribution in [0, 0.1) is 13.8 Å². The monoisotopic (exact) mass is 331 g/mol. The molecule has 0 spiro atoms. The van der Waals surface area contributed by atoms with Gasteiger partial charge in [0.15, 0.2) is 0 Å². The first-order valence-corrected chi connectivity index (χ1v) is 7.76. The molecule has 120 valence electrons. The van der Waals surface area contributed by atoms with E-state index in [2.05, 4.69) is 14.6 Å². The number of halogens is 2. The number of hydrogen-bond donors (Lipinski definition) is 1. The minimum absolute atomic E-state index is 0.0282. The molecule has 0 fully saturated rings. The highest BCUT2D eigenvalue weighted by Gasteiger charge is 2.22. The Morgan fingerprint density at radius 2 is 2.00 bits per heavy atom. The lowest BCUT2D eigenvalue weighted by molar-refractivity contribution is -0.0493. The van der Waals surface area contributed by atoms with Gasteiger partial charge in [0.05, 0.1) is 11.4 Å². The van der Waals surface area contributed by atoms with Crippen molar-refractivity contribution in [3.8, 4) is 5.75 Å². The Labute approximate surface area is 126 Å². The number of nitrogens with one attached hydrogen (secondary N) is 1. The minimum Gasteiger partial charge on any atom is -0.433 e. The number of aromatic nitrogens is 2. The van der Waals surface area contributed by atoms with Crippen LogP contribution in [0.3, 0.4) is 0 Å². The van der Waals surface area contributed by atoms with Crippen molar-refractivity contribution in [2.75, 3.05) is 4.72 Å². The average Bonchev–Trinajstić information content (AvgIpc) is 2.72. The molecule has 0 bridgehead atoms. The number of sulfonamides is 1. The Morgan fingerprint density at radius 1 is 1.32 bits per heavy atom. The van der Waals surface area contributed by atoms with Crippen LogP contribution in [0.25, 0.3) is 0 Å². The number of alkyl halides is 2. The summed E-state index contributed by atoms with van der Waals surface area (Å²) < 4.78 is 57.5. The summed E-state index contributed by atoms with van der Waals surface area (Å²) in [5.41, 5.74) is 0.949. The molecule has 22 heavy (non-hydrogen) atoms. The van der Waals surface area contributed by atoms with E-state index in [4.69, 9.17) is 0 Å². The number of anilines is 1. The zero-order chi connectivity index (χ0) is 16.5. The second-order valence-electron chi connectivity index (χ2n) is 4.74. The molecule has 0 radical (unpaired) electrons. The van der Waals surface area contributed by atoms with Crippen molar-refractivity contribution in [1.82, 2.24) is 9.78 Å². The third kappa shape index (κ3) is 3.53. The van der Waals surface area contributed by atoms with Crippen molar-refractivity contribution >= 4 is 15.7 Å². The van der Waals surface area contributed by atoms with Gasteiger partial charge in [-0.25, -0.2) is 8.42 Å².